The Labute approximate surface area is 158 Å². The maximum Gasteiger partial charge on any atom is 0.214 e. The van der Waals surface area contributed by atoms with Gasteiger partial charge in [-0.15, -0.1) is 0 Å². The number of pyridine rings is 1. The number of rotatable bonds is 3. The Morgan fingerprint density at radius 1 is 1.07 bits per heavy atom. The standard InChI is InChI=1S/C22H23N5/c1-16-5-7-18(8-6-16)19-14-27-21-15-26(13-17-4-3-10-23-12-17)11-9-20(21)25(2)22(27)24-19/h3-8,10,12,14H,9,11,13,15H2,1-2H3. The molecule has 4 aromatic rings. The quantitative estimate of drug-likeness (QED) is 0.562. The third-order valence-corrected chi connectivity index (χ3v) is 5.53. The number of nitrogens with zero attached hydrogens (tertiary/aromatic N) is 5. The molecule has 1 aliphatic heterocycles. The molecular formula is C22H23N5. The second-order valence-electron chi connectivity index (χ2n) is 7.44. The number of hydrogen-bond acceptors (Lipinski definition) is 3. The molecule has 0 saturated heterocycles. The minimum absolute atomic E-state index is 0.934. The number of fused-ring (bicyclic) bond motifs is 3. The molecule has 1 aliphatic rings. The maximum absolute atomic E-state index is 4.92. The highest BCUT2D eigenvalue weighted by Gasteiger charge is 2.24. The van der Waals surface area contributed by atoms with Gasteiger partial charge in [-0.3, -0.25) is 14.3 Å². The van der Waals surface area contributed by atoms with Gasteiger partial charge < -0.3 is 4.57 Å². The summed E-state index contributed by atoms with van der Waals surface area (Å²) in [6.45, 7) is 5.04. The molecule has 0 saturated carbocycles. The number of imidazole rings is 2. The number of aryl methyl sites for hydroxylation is 2. The van der Waals surface area contributed by atoms with E-state index in [0.29, 0.717) is 0 Å². The lowest BCUT2D eigenvalue weighted by Gasteiger charge is -2.27. The Hall–Kier alpha value is -2.92. The van der Waals surface area contributed by atoms with Gasteiger partial charge in [0.1, 0.15) is 0 Å². The molecule has 0 radical (unpaired) electrons. The zero-order valence-corrected chi connectivity index (χ0v) is 15.8. The van der Waals surface area contributed by atoms with Gasteiger partial charge >= 0.3 is 0 Å². The molecular weight excluding hydrogens is 334 g/mol. The normalized spacial score (nSPS) is 14.6. The Morgan fingerprint density at radius 3 is 2.70 bits per heavy atom. The molecule has 136 valence electrons. The van der Waals surface area contributed by atoms with Crippen LogP contribution in [0.25, 0.3) is 17.0 Å². The van der Waals surface area contributed by atoms with Crippen molar-refractivity contribution in [2.24, 2.45) is 7.05 Å². The molecule has 5 heteroatoms. The molecule has 0 fully saturated rings. The van der Waals surface area contributed by atoms with Crippen molar-refractivity contribution in [2.75, 3.05) is 6.54 Å². The summed E-state index contributed by atoms with van der Waals surface area (Å²) in [5.41, 5.74) is 7.49. The first kappa shape index (κ1) is 16.3. The van der Waals surface area contributed by atoms with Crippen LogP contribution in [-0.4, -0.2) is 30.4 Å². The number of benzene rings is 1. The van der Waals surface area contributed by atoms with Gasteiger partial charge in [0.15, 0.2) is 0 Å². The molecule has 5 rings (SSSR count). The summed E-state index contributed by atoms with van der Waals surface area (Å²) in [6, 6.07) is 12.7. The first-order chi connectivity index (χ1) is 13.2. The van der Waals surface area contributed by atoms with E-state index in [2.05, 4.69) is 69.4 Å². The minimum Gasteiger partial charge on any atom is -0.317 e. The summed E-state index contributed by atoms with van der Waals surface area (Å²) in [4.78, 5) is 11.7. The molecule has 0 aliphatic carbocycles. The molecule has 1 aromatic carbocycles. The van der Waals surface area contributed by atoms with Crippen LogP contribution in [0.5, 0.6) is 0 Å². The largest absolute Gasteiger partial charge is 0.317 e. The molecule has 0 spiro atoms. The van der Waals surface area contributed by atoms with Gasteiger partial charge in [-0.25, -0.2) is 4.98 Å². The SMILES string of the molecule is Cc1ccc(-c2cn3c4c(n(C)c3n2)CCN(Cc2cccnc2)C4)cc1. The summed E-state index contributed by atoms with van der Waals surface area (Å²) in [5.74, 6) is 1.03. The van der Waals surface area contributed by atoms with E-state index in [4.69, 9.17) is 4.98 Å². The Morgan fingerprint density at radius 2 is 1.93 bits per heavy atom. The Kier molecular flexibility index (Phi) is 3.83. The highest BCUT2D eigenvalue weighted by atomic mass is 15.2. The van der Waals surface area contributed by atoms with E-state index in [9.17, 15) is 0 Å². The lowest BCUT2D eigenvalue weighted by molar-refractivity contribution is 0.238. The monoisotopic (exact) mass is 357 g/mol. The van der Waals surface area contributed by atoms with Gasteiger partial charge in [-0.2, -0.15) is 0 Å². The van der Waals surface area contributed by atoms with Crippen molar-refractivity contribution in [3.63, 3.8) is 0 Å². The second kappa shape index (κ2) is 6.35. The van der Waals surface area contributed by atoms with Crippen molar-refractivity contribution >= 4 is 5.78 Å². The van der Waals surface area contributed by atoms with Gasteiger partial charge in [0, 0.05) is 63.0 Å². The molecule has 0 amide bonds. The van der Waals surface area contributed by atoms with Crippen molar-refractivity contribution in [3.8, 4) is 11.3 Å². The summed E-state index contributed by atoms with van der Waals surface area (Å²) in [6.07, 6.45) is 7.03. The van der Waals surface area contributed by atoms with Crippen molar-refractivity contribution in [3.05, 3.63) is 77.5 Å². The fourth-order valence-corrected chi connectivity index (χ4v) is 4.04. The van der Waals surface area contributed by atoms with E-state index in [1.807, 2.05) is 18.5 Å². The lowest BCUT2D eigenvalue weighted by atomic mass is 10.1. The van der Waals surface area contributed by atoms with Crippen LogP contribution in [0.1, 0.15) is 22.5 Å². The minimum atomic E-state index is 0.934. The number of hydrogen-bond donors (Lipinski definition) is 0. The summed E-state index contributed by atoms with van der Waals surface area (Å²) in [5, 5.41) is 0. The first-order valence-electron chi connectivity index (χ1n) is 9.43. The molecule has 4 heterocycles. The van der Waals surface area contributed by atoms with Gasteiger partial charge in [0.05, 0.1) is 11.4 Å². The highest BCUT2D eigenvalue weighted by Crippen LogP contribution is 2.27. The second-order valence-corrected chi connectivity index (χ2v) is 7.44. The summed E-state index contributed by atoms with van der Waals surface area (Å²) in [7, 11) is 2.14. The summed E-state index contributed by atoms with van der Waals surface area (Å²) < 4.78 is 4.54. The van der Waals surface area contributed by atoms with E-state index < -0.39 is 0 Å². The zero-order chi connectivity index (χ0) is 18.4. The van der Waals surface area contributed by atoms with Crippen molar-refractivity contribution in [2.45, 2.75) is 26.4 Å². The number of aromatic nitrogens is 4. The first-order valence-corrected chi connectivity index (χ1v) is 9.43. The van der Waals surface area contributed by atoms with Crippen LogP contribution in [0.15, 0.2) is 55.0 Å². The van der Waals surface area contributed by atoms with E-state index >= 15 is 0 Å². The zero-order valence-electron chi connectivity index (χ0n) is 15.8. The predicted molar refractivity (Wildman–Crippen MR) is 106 cm³/mol. The van der Waals surface area contributed by atoms with E-state index in [1.165, 1.54) is 28.1 Å². The fraction of sp³-hybridized carbons (Fsp3) is 0.273. The third-order valence-electron chi connectivity index (χ3n) is 5.53. The smallest absolute Gasteiger partial charge is 0.214 e. The van der Waals surface area contributed by atoms with Crippen LogP contribution < -0.4 is 0 Å². The van der Waals surface area contributed by atoms with Crippen molar-refractivity contribution in [1.82, 2.24) is 23.8 Å². The summed E-state index contributed by atoms with van der Waals surface area (Å²) >= 11 is 0. The van der Waals surface area contributed by atoms with Crippen LogP contribution >= 0.6 is 0 Å². The van der Waals surface area contributed by atoms with Gasteiger partial charge in [0.25, 0.3) is 0 Å². The van der Waals surface area contributed by atoms with Gasteiger partial charge in [0.2, 0.25) is 5.78 Å². The van der Waals surface area contributed by atoms with Crippen LogP contribution in [0.2, 0.25) is 0 Å². The molecule has 0 unspecified atom stereocenters. The molecule has 0 atom stereocenters. The van der Waals surface area contributed by atoms with Crippen LogP contribution in [0, 0.1) is 6.92 Å². The van der Waals surface area contributed by atoms with E-state index in [0.717, 1.165) is 37.5 Å². The van der Waals surface area contributed by atoms with Crippen LogP contribution in [0.4, 0.5) is 0 Å². The Balaban J connectivity index is 1.49. The third kappa shape index (κ3) is 2.84. The fourth-order valence-electron chi connectivity index (χ4n) is 4.04. The molecule has 0 N–H and O–H groups in total. The molecule has 27 heavy (non-hydrogen) atoms. The highest BCUT2D eigenvalue weighted by molar-refractivity contribution is 5.62. The van der Waals surface area contributed by atoms with Crippen LogP contribution in [-0.2, 0) is 26.6 Å². The van der Waals surface area contributed by atoms with Gasteiger partial charge in [-0.05, 0) is 18.6 Å². The topological polar surface area (TPSA) is 38.4 Å². The molecule has 0 bridgehead atoms. The van der Waals surface area contributed by atoms with Gasteiger partial charge in [-0.1, -0.05) is 35.9 Å². The molecule has 3 aromatic heterocycles. The van der Waals surface area contributed by atoms with Crippen molar-refractivity contribution in [1.29, 1.82) is 0 Å². The molecule has 5 nitrogen and oxygen atoms in total. The Bertz CT molecular complexity index is 1090. The van der Waals surface area contributed by atoms with Crippen LogP contribution in [0.3, 0.4) is 0 Å². The predicted octanol–water partition coefficient (Wildman–Crippen LogP) is 3.60. The average molecular weight is 357 g/mol. The maximum atomic E-state index is 4.92. The average Bonchev–Trinajstić information content (AvgIpc) is 3.23. The lowest BCUT2D eigenvalue weighted by Crippen LogP contribution is -2.31. The van der Waals surface area contributed by atoms with Crippen molar-refractivity contribution < 1.29 is 0 Å². The van der Waals surface area contributed by atoms with E-state index in [1.54, 1.807) is 0 Å². The van der Waals surface area contributed by atoms with E-state index in [-0.39, 0.29) is 0 Å².